The first-order valence-corrected chi connectivity index (χ1v) is 6.85. The standard InChI is InChI=1S/C12H15N3O2S/c1-6-4-12(5-6)10(16)15(11(17)14-12)9-7(2)13-8(3)18-9/h6H,4-5H2,1-3H3,(H,14,17). The van der Waals surface area contributed by atoms with Crippen LogP contribution in [0.3, 0.4) is 0 Å². The number of rotatable bonds is 1. The van der Waals surface area contributed by atoms with E-state index in [4.69, 9.17) is 0 Å². The van der Waals surface area contributed by atoms with Gasteiger partial charge in [0, 0.05) is 0 Å². The lowest BCUT2D eigenvalue weighted by atomic mass is 9.69. The number of hydrogen-bond donors (Lipinski definition) is 1. The molecule has 1 saturated carbocycles. The van der Waals surface area contributed by atoms with Gasteiger partial charge in [-0.15, -0.1) is 11.3 Å². The van der Waals surface area contributed by atoms with E-state index in [9.17, 15) is 9.59 Å². The van der Waals surface area contributed by atoms with Crippen molar-refractivity contribution in [2.24, 2.45) is 5.92 Å². The Morgan fingerprint density at radius 2 is 2.06 bits per heavy atom. The van der Waals surface area contributed by atoms with E-state index < -0.39 is 5.54 Å². The molecule has 18 heavy (non-hydrogen) atoms. The minimum absolute atomic E-state index is 0.114. The molecule has 96 valence electrons. The Balaban J connectivity index is 1.97. The molecule has 6 heteroatoms. The summed E-state index contributed by atoms with van der Waals surface area (Å²) < 4.78 is 0. The molecule has 1 saturated heterocycles. The third-order valence-electron chi connectivity index (χ3n) is 3.64. The second-order valence-corrected chi connectivity index (χ2v) is 6.47. The lowest BCUT2D eigenvalue weighted by Crippen LogP contribution is -2.56. The van der Waals surface area contributed by atoms with Gasteiger partial charge in [0.25, 0.3) is 5.91 Å². The number of nitrogens with zero attached hydrogens (tertiary/aromatic N) is 2. The maximum Gasteiger partial charge on any atom is 0.330 e. The topological polar surface area (TPSA) is 62.3 Å². The van der Waals surface area contributed by atoms with Crippen LogP contribution in [-0.2, 0) is 4.79 Å². The third kappa shape index (κ3) is 1.41. The summed E-state index contributed by atoms with van der Waals surface area (Å²) in [6, 6.07) is -0.307. The van der Waals surface area contributed by atoms with Gasteiger partial charge in [-0.2, -0.15) is 0 Å². The van der Waals surface area contributed by atoms with Crippen molar-refractivity contribution in [3.05, 3.63) is 10.7 Å². The molecular formula is C12H15N3O2S. The summed E-state index contributed by atoms with van der Waals surface area (Å²) in [6.45, 7) is 5.80. The zero-order valence-corrected chi connectivity index (χ0v) is 11.4. The number of amides is 3. The number of nitrogens with one attached hydrogen (secondary N) is 1. The Hall–Kier alpha value is -1.43. The second-order valence-electron chi connectivity index (χ2n) is 5.29. The molecular weight excluding hydrogens is 250 g/mol. The fraction of sp³-hybridized carbons (Fsp3) is 0.583. The van der Waals surface area contributed by atoms with Crippen LogP contribution in [0.5, 0.6) is 0 Å². The van der Waals surface area contributed by atoms with Gasteiger partial charge >= 0.3 is 6.03 Å². The van der Waals surface area contributed by atoms with Crippen molar-refractivity contribution in [1.29, 1.82) is 0 Å². The van der Waals surface area contributed by atoms with Crippen molar-refractivity contribution < 1.29 is 9.59 Å². The molecule has 0 unspecified atom stereocenters. The molecule has 3 rings (SSSR count). The predicted molar refractivity (Wildman–Crippen MR) is 68.7 cm³/mol. The number of hydrogen-bond acceptors (Lipinski definition) is 4. The average molecular weight is 265 g/mol. The Kier molecular flexibility index (Phi) is 2.29. The first-order valence-electron chi connectivity index (χ1n) is 6.04. The summed E-state index contributed by atoms with van der Waals surface area (Å²) in [5, 5.41) is 4.37. The van der Waals surface area contributed by atoms with Crippen LogP contribution in [0, 0.1) is 19.8 Å². The highest BCUT2D eigenvalue weighted by Gasteiger charge is 2.58. The molecule has 1 aromatic rings. The number of carbonyl (C=O) groups is 2. The van der Waals surface area contributed by atoms with E-state index in [1.165, 1.54) is 16.2 Å². The smallest absolute Gasteiger partial charge is 0.323 e. The number of thiazole rings is 1. The normalized spacial score (nSPS) is 30.8. The molecule has 2 fully saturated rings. The van der Waals surface area contributed by atoms with E-state index in [1.54, 1.807) is 0 Å². The van der Waals surface area contributed by atoms with Gasteiger partial charge in [-0.05, 0) is 32.6 Å². The minimum Gasteiger partial charge on any atom is -0.323 e. The number of imide groups is 1. The zero-order chi connectivity index (χ0) is 13.1. The average Bonchev–Trinajstić information content (AvgIpc) is 2.66. The van der Waals surface area contributed by atoms with E-state index in [-0.39, 0.29) is 11.9 Å². The van der Waals surface area contributed by atoms with E-state index >= 15 is 0 Å². The van der Waals surface area contributed by atoms with Gasteiger partial charge in [0.05, 0.1) is 10.7 Å². The summed E-state index contributed by atoms with van der Waals surface area (Å²) >= 11 is 1.39. The quantitative estimate of drug-likeness (QED) is 0.790. The Morgan fingerprint density at radius 1 is 1.39 bits per heavy atom. The number of aromatic nitrogens is 1. The van der Waals surface area contributed by atoms with Crippen LogP contribution >= 0.6 is 11.3 Å². The number of aryl methyl sites for hydroxylation is 2. The highest BCUT2D eigenvalue weighted by atomic mass is 32.1. The maximum atomic E-state index is 12.4. The summed E-state index contributed by atoms with van der Waals surface area (Å²) in [4.78, 5) is 30.0. The minimum atomic E-state index is -0.638. The molecule has 1 aromatic heterocycles. The van der Waals surface area contributed by atoms with E-state index in [0.717, 1.165) is 23.5 Å². The van der Waals surface area contributed by atoms with Crippen LogP contribution in [0.2, 0.25) is 0 Å². The van der Waals surface area contributed by atoms with Gasteiger partial charge in [-0.25, -0.2) is 14.7 Å². The number of urea groups is 1. The SMILES string of the molecule is Cc1nc(C)c(N2C(=O)NC3(CC(C)C3)C2=O)s1. The predicted octanol–water partition coefficient (Wildman–Crippen LogP) is 1.98. The van der Waals surface area contributed by atoms with Crippen LogP contribution in [0.1, 0.15) is 30.5 Å². The summed E-state index contributed by atoms with van der Waals surface area (Å²) in [5.41, 5.74) is 0.103. The van der Waals surface area contributed by atoms with E-state index in [2.05, 4.69) is 17.2 Å². The van der Waals surface area contributed by atoms with Gasteiger partial charge in [0.1, 0.15) is 10.5 Å². The Bertz CT molecular complexity index is 546. The Morgan fingerprint density at radius 3 is 2.56 bits per heavy atom. The summed E-state index contributed by atoms with van der Waals surface area (Å²) in [5.74, 6) is 0.385. The fourth-order valence-electron chi connectivity index (χ4n) is 2.94. The van der Waals surface area contributed by atoms with E-state index in [0.29, 0.717) is 10.9 Å². The fourth-order valence-corrected chi connectivity index (χ4v) is 3.85. The molecule has 0 radical (unpaired) electrons. The van der Waals surface area contributed by atoms with Crippen molar-refractivity contribution in [3.63, 3.8) is 0 Å². The molecule has 0 aromatic carbocycles. The molecule has 1 aliphatic carbocycles. The number of anilines is 1. The summed E-state index contributed by atoms with van der Waals surface area (Å²) in [7, 11) is 0. The van der Waals surface area contributed by atoms with Crippen LogP contribution in [0.15, 0.2) is 0 Å². The molecule has 2 aliphatic rings. The van der Waals surface area contributed by atoms with Crippen LogP contribution in [0.25, 0.3) is 0 Å². The van der Waals surface area contributed by atoms with Crippen molar-refractivity contribution in [3.8, 4) is 0 Å². The van der Waals surface area contributed by atoms with Crippen molar-refractivity contribution >= 4 is 28.3 Å². The van der Waals surface area contributed by atoms with Crippen LogP contribution < -0.4 is 10.2 Å². The van der Waals surface area contributed by atoms with Gasteiger partial charge in [0.2, 0.25) is 0 Å². The van der Waals surface area contributed by atoms with Gasteiger partial charge in [-0.3, -0.25) is 4.79 Å². The Labute approximate surface area is 109 Å². The van der Waals surface area contributed by atoms with Crippen molar-refractivity contribution in [2.75, 3.05) is 4.90 Å². The lowest BCUT2D eigenvalue weighted by molar-refractivity contribution is -0.126. The van der Waals surface area contributed by atoms with E-state index in [1.807, 2.05) is 13.8 Å². The highest BCUT2D eigenvalue weighted by molar-refractivity contribution is 7.16. The van der Waals surface area contributed by atoms with Crippen LogP contribution in [0.4, 0.5) is 9.80 Å². The zero-order valence-electron chi connectivity index (χ0n) is 10.6. The monoisotopic (exact) mass is 265 g/mol. The summed E-state index contributed by atoms with van der Waals surface area (Å²) in [6.07, 6.45) is 1.48. The molecule has 2 heterocycles. The second kappa shape index (κ2) is 3.54. The van der Waals surface area contributed by atoms with Gasteiger partial charge < -0.3 is 5.32 Å². The first kappa shape index (κ1) is 11.6. The highest BCUT2D eigenvalue weighted by Crippen LogP contribution is 2.44. The van der Waals surface area contributed by atoms with Crippen LogP contribution in [-0.4, -0.2) is 22.5 Å². The maximum absolute atomic E-state index is 12.4. The molecule has 1 spiro atoms. The number of carbonyl (C=O) groups excluding carboxylic acids is 2. The van der Waals surface area contributed by atoms with Crippen molar-refractivity contribution in [1.82, 2.24) is 10.3 Å². The molecule has 3 amide bonds. The molecule has 0 atom stereocenters. The van der Waals surface area contributed by atoms with Crippen molar-refractivity contribution in [2.45, 2.75) is 39.2 Å². The molecule has 1 N–H and O–H groups in total. The lowest BCUT2D eigenvalue weighted by Gasteiger charge is -2.40. The first-order chi connectivity index (χ1) is 8.43. The molecule has 5 nitrogen and oxygen atoms in total. The van der Waals surface area contributed by atoms with Gasteiger partial charge in [0.15, 0.2) is 0 Å². The molecule has 1 aliphatic heterocycles. The van der Waals surface area contributed by atoms with Gasteiger partial charge in [-0.1, -0.05) is 6.92 Å². The third-order valence-corrected chi connectivity index (χ3v) is 4.70. The largest absolute Gasteiger partial charge is 0.330 e. The molecule has 0 bridgehead atoms.